The largest absolute Gasteiger partial charge is 0.496 e. The smallest absolute Gasteiger partial charge is 0.266 e. The lowest BCUT2D eigenvalue weighted by Crippen LogP contribution is -2.13. The molecule has 3 rings (SSSR count). The fourth-order valence-electron chi connectivity index (χ4n) is 2.92. The highest BCUT2D eigenvalue weighted by molar-refractivity contribution is 6.11. The summed E-state index contributed by atoms with van der Waals surface area (Å²) < 4.78 is 5.40. The van der Waals surface area contributed by atoms with E-state index in [-0.39, 0.29) is 5.57 Å². The molecule has 0 saturated carbocycles. The third-order valence-corrected chi connectivity index (χ3v) is 4.57. The van der Waals surface area contributed by atoms with E-state index in [9.17, 15) is 10.1 Å². The Labute approximate surface area is 158 Å². The Hall–Kier alpha value is -3.58. The molecule has 0 unspecified atom stereocenters. The summed E-state index contributed by atoms with van der Waals surface area (Å²) in [5.74, 6) is 0.321. The highest BCUT2D eigenvalue weighted by atomic mass is 16.5. The van der Waals surface area contributed by atoms with Crippen molar-refractivity contribution in [1.29, 1.82) is 5.26 Å². The number of carbonyl (C=O) groups is 1. The minimum atomic E-state index is -0.430. The number of hydrogen-bond acceptors (Lipinski definition) is 3. The van der Waals surface area contributed by atoms with Crippen molar-refractivity contribution in [2.75, 3.05) is 12.4 Å². The maximum atomic E-state index is 12.6. The number of nitriles is 1. The highest BCUT2D eigenvalue weighted by Crippen LogP contribution is 2.29. The Morgan fingerprint density at radius 1 is 1.04 bits per heavy atom. The van der Waals surface area contributed by atoms with E-state index >= 15 is 0 Å². The molecule has 0 heterocycles. The van der Waals surface area contributed by atoms with Crippen LogP contribution in [-0.2, 0) is 4.79 Å². The van der Waals surface area contributed by atoms with E-state index in [1.165, 1.54) is 0 Å². The number of fused-ring (bicyclic) bond motifs is 1. The first-order chi connectivity index (χ1) is 13.0. The number of ether oxygens (including phenoxy) is 1. The Balaban J connectivity index is 1.97. The Bertz CT molecular complexity index is 1090. The molecule has 0 spiro atoms. The molecule has 3 aromatic carbocycles. The van der Waals surface area contributed by atoms with Gasteiger partial charge in [0.05, 0.1) is 7.11 Å². The number of benzene rings is 3. The lowest BCUT2D eigenvalue weighted by atomic mass is 10.0. The van der Waals surface area contributed by atoms with Crippen LogP contribution in [0.2, 0.25) is 0 Å². The van der Waals surface area contributed by atoms with E-state index in [1.807, 2.05) is 74.5 Å². The van der Waals surface area contributed by atoms with Crippen LogP contribution in [-0.4, -0.2) is 13.0 Å². The van der Waals surface area contributed by atoms with Gasteiger partial charge in [-0.1, -0.05) is 36.4 Å². The fraction of sp³-hybridized carbons (Fsp3) is 0.130. The van der Waals surface area contributed by atoms with Gasteiger partial charge in [0, 0.05) is 11.1 Å². The number of carbonyl (C=O) groups excluding carboxylic acids is 1. The molecule has 0 radical (unpaired) electrons. The molecule has 4 heteroatoms. The minimum Gasteiger partial charge on any atom is -0.496 e. The number of hydrogen-bond donors (Lipinski definition) is 1. The molecule has 0 fully saturated rings. The number of rotatable bonds is 4. The molecule has 0 aliphatic rings. The second kappa shape index (κ2) is 7.76. The molecule has 1 N–H and O–H groups in total. The molecule has 3 aromatic rings. The molecule has 4 nitrogen and oxygen atoms in total. The van der Waals surface area contributed by atoms with Gasteiger partial charge in [0.2, 0.25) is 0 Å². The number of anilines is 1. The fourth-order valence-corrected chi connectivity index (χ4v) is 2.92. The summed E-state index contributed by atoms with van der Waals surface area (Å²) in [5, 5.41) is 14.2. The first-order valence-corrected chi connectivity index (χ1v) is 8.59. The van der Waals surface area contributed by atoms with Crippen LogP contribution in [0, 0.1) is 25.2 Å². The Kier molecular flexibility index (Phi) is 5.23. The second-order valence-electron chi connectivity index (χ2n) is 6.33. The quantitative estimate of drug-likeness (QED) is 0.528. The summed E-state index contributed by atoms with van der Waals surface area (Å²) in [7, 11) is 1.62. The molecule has 27 heavy (non-hydrogen) atoms. The van der Waals surface area contributed by atoms with Gasteiger partial charge in [-0.25, -0.2) is 0 Å². The molecule has 0 atom stereocenters. The van der Waals surface area contributed by atoms with Gasteiger partial charge < -0.3 is 10.1 Å². The number of nitrogens with zero attached hydrogens (tertiary/aromatic N) is 1. The van der Waals surface area contributed by atoms with Crippen LogP contribution >= 0.6 is 0 Å². The van der Waals surface area contributed by atoms with Gasteiger partial charge in [0.1, 0.15) is 17.4 Å². The maximum Gasteiger partial charge on any atom is 0.266 e. The van der Waals surface area contributed by atoms with Gasteiger partial charge in [0.15, 0.2) is 0 Å². The summed E-state index contributed by atoms with van der Waals surface area (Å²) in [6.45, 7) is 3.99. The highest BCUT2D eigenvalue weighted by Gasteiger charge is 2.12. The van der Waals surface area contributed by atoms with E-state index in [1.54, 1.807) is 13.2 Å². The summed E-state index contributed by atoms with van der Waals surface area (Å²) >= 11 is 0. The third kappa shape index (κ3) is 3.83. The lowest BCUT2D eigenvalue weighted by Gasteiger charge is -2.09. The average molecular weight is 356 g/mol. The van der Waals surface area contributed by atoms with Gasteiger partial charge >= 0.3 is 0 Å². The van der Waals surface area contributed by atoms with E-state index in [0.29, 0.717) is 5.69 Å². The van der Waals surface area contributed by atoms with E-state index in [0.717, 1.165) is 33.2 Å². The lowest BCUT2D eigenvalue weighted by molar-refractivity contribution is -0.112. The molecule has 0 bridgehead atoms. The number of nitrogens with one attached hydrogen (secondary N) is 1. The van der Waals surface area contributed by atoms with Crippen LogP contribution in [0.3, 0.4) is 0 Å². The van der Waals surface area contributed by atoms with Crippen molar-refractivity contribution < 1.29 is 9.53 Å². The zero-order valence-electron chi connectivity index (χ0n) is 15.5. The molecule has 1 amide bonds. The number of amides is 1. The van der Waals surface area contributed by atoms with Gasteiger partial charge in [-0.3, -0.25) is 4.79 Å². The van der Waals surface area contributed by atoms with Crippen LogP contribution in [0.1, 0.15) is 16.7 Å². The normalized spacial score (nSPS) is 11.1. The topological polar surface area (TPSA) is 62.1 Å². The monoisotopic (exact) mass is 356 g/mol. The van der Waals surface area contributed by atoms with Crippen LogP contribution in [0.4, 0.5) is 5.69 Å². The van der Waals surface area contributed by atoms with Crippen molar-refractivity contribution >= 4 is 28.4 Å². The van der Waals surface area contributed by atoms with Gasteiger partial charge in [-0.05, 0) is 60.2 Å². The summed E-state index contributed by atoms with van der Waals surface area (Å²) in [6, 6.07) is 19.1. The van der Waals surface area contributed by atoms with Crippen LogP contribution in [0.5, 0.6) is 5.75 Å². The minimum absolute atomic E-state index is 0.0450. The van der Waals surface area contributed by atoms with Crippen molar-refractivity contribution in [3.05, 3.63) is 76.9 Å². The van der Waals surface area contributed by atoms with E-state index in [4.69, 9.17) is 4.74 Å². The molecule has 0 aromatic heterocycles. The van der Waals surface area contributed by atoms with Gasteiger partial charge in [0.25, 0.3) is 5.91 Å². The standard InChI is InChI=1S/C23H20N2O2/c1-15-8-10-19(12-16(15)2)25-23(26)18(14-24)13-17-9-11-22(27-3)21-7-5-4-6-20(17)21/h4-13H,1-3H3,(H,25,26)/b18-13+. The zero-order valence-corrected chi connectivity index (χ0v) is 15.5. The van der Waals surface area contributed by atoms with Crippen LogP contribution in [0.15, 0.2) is 60.2 Å². The predicted octanol–water partition coefficient (Wildman–Crippen LogP) is 5.01. The molecule has 134 valence electrons. The maximum absolute atomic E-state index is 12.6. The number of methoxy groups -OCH3 is 1. The third-order valence-electron chi connectivity index (χ3n) is 4.57. The summed E-state index contributed by atoms with van der Waals surface area (Å²) in [6.07, 6.45) is 1.61. The molecular formula is C23H20N2O2. The Morgan fingerprint density at radius 3 is 2.44 bits per heavy atom. The van der Waals surface area contributed by atoms with E-state index in [2.05, 4.69) is 5.32 Å². The van der Waals surface area contributed by atoms with Gasteiger partial charge in [-0.2, -0.15) is 5.26 Å². The number of aryl methyl sites for hydroxylation is 2. The summed E-state index contributed by atoms with van der Waals surface area (Å²) in [5.41, 5.74) is 3.73. The zero-order chi connectivity index (χ0) is 19.4. The van der Waals surface area contributed by atoms with Crippen LogP contribution < -0.4 is 10.1 Å². The van der Waals surface area contributed by atoms with Crippen molar-refractivity contribution in [3.63, 3.8) is 0 Å². The van der Waals surface area contributed by atoms with Gasteiger partial charge in [-0.15, -0.1) is 0 Å². The average Bonchev–Trinajstić information content (AvgIpc) is 2.68. The van der Waals surface area contributed by atoms with Crippen LogP contribution in [0.25, 0.3) is 16.8 Å². The molecule has 0 aliphatic heterocycles. The predicted molar refractivity (Wildman–Crippen MR) is 109 cm³/mol. The van der Waals surface area contributed by atoms with Crippen molar-refractivity contribution in [3.8, 4) is 11.8 Å². The van der Waals surface area contributed by atoms with Crippen molar-refractivity contribution in [2.24, 2.45) is 0 Å². The second-order valence-corrected chi connectivity index (χ2v) is 6.33. The molecular weight excluding hydrogens is 336 g/mol. The van der Waals surface area contributed by atoms with E-state index < -0.39 is 5.91 Å². The van der Waals surface area contributed by atoms with Crippen molar-refractivity contribution in [1.82, 2.24) is 0 Å². The van der Waals surface area contributed by atoms with Crippen molar-refractivity contribution in [2.45, 2.75) is 13.8 Å². The first kappa shape index (κ1) is 18.2. The molecule has 0 aliphatic carbocycles. The Morgan fingerprint density at radius 2 is 1.78 bits per heavy atom. The summed E-state index contributed by atoms with van der Waals surface area (Å²) in [4.78, 5) is 12.6. The molecule has 0 saturated heterocycles. The SMILES string of the molecule is COc1ccc(/C=C(\C#N)C(=O)Nc2ccc(C)c(C)c2)c2ccccc12. The first-order valence-electron chi connectivity index (χ1n) is 8.59.